The first-order chi connectivity index (χ1) is 18.9. The van der Waals surface area contributed by atoms with Crippen LogP contribution in [0.3, 0.4) is 0 Å². The second-order valence-corrected chi connectivity index (χ2v) is 9.87. The van der Waals surface area contributed by atoms with Crippen molar-refractivity contribution in [2.24, 2.45) is 0 Å². The van der Waals surface area contributed by atoms with E-state index in [0.717, 1.165) is 42.6 Å². The third-order valence-corrected chi connectivity index (χ3v) is 6.96. The van der Waals surface area contributed by atoms with Crippen molar-refractivity contribution in [2.45, 2.75) is 44.8 Å². The Balaban J connectivity index is 1.38. The van der Waals surface area contributed by atoms with Gasteiger partial charge < -0.3 is 24.8 Å². The topological polar surface area (TPSA) is 100 Å². The number of piperidine rings is 1. The average Bonchev–Trinajstić information content (AvgIpc) is 2.95. The monoisotopic (exact) mass is 531 g/mol. The minimum atomic E-state index is -0.444. The number of carbonyl (C=O) groups excluding carboxylic acids is 2. The first-order valence-corrected chi connectivity index (χ1v) is 13.4. The Morgan fingerprint density at radius 3 is 2.49 bits per heavy atom. The summed E-state index contributed by atoms with van der Waals surface area (Å²) in [4.78, 5) is 27.6. The first-order valence-electron chi connectivity index (χ1n) is 13.4. The molecule has 0 spiro atoms. The molecule has 0 saturated carbocycles. The largest absolute Gasteiger partial charge is 0.496 e. The van der Waals surface area contributed by atoms with Crippen LogP contribution in [-0.4, -0.2) is 55.4 Å². The number of aliphatic hydroxyl groups is 1. The fourth-order valence-corrected chi connectivity index (χ4v) is 4.74. The van der Waals surface area contributed by atoms with Gasteiger partial charge in [0.25, 0.3) is 0 Å². The molecule has 4 rings (SSSR count). The van der Waals surface area contributed by atoms with Crippen LogP contribution >= 0.6 is 0 Å². The molecule has 0 aliphatic carbocycles. The number of amides is 2. The number of nitrogens with one attached hydrogen (secondary N) is 2. The van der Waals surface area contributed by atoms with Crippen molar-refractivity contribution in [2.75, 3.05) is 37.9 Å². The van der Waals surface area contributed by atoms with Crippen LogP contribution in [0.25, 0.3) is 11.1 Å². The molecule has 8 nitrogen and oxygen atoms in total. The van der Waals surface area contributed by atoms with Crippen LogP contribution in [-0.2, 0) is 22.6 Å². The maximum Gasteiger partial charge on any atom is 0.411 e. The van der Waals surface area contributed by atoms with Gasteiger partial charge >= 0.3 is 6.09 Å². The van der Waals surface area contributed by atoms with Gasteiger partial charge in [0.1, 0.15) is 11.9 Å². The lowest BCUT2D eigenvalue weighted by Gasteiger charge is -2.28. The lowest BCUT2D eigenvalue weighted by atomic mass is 9.99. The molecule has 1 heterocycles. The van der Waals surface area contributed by atoms with Gasteiger partial charge in [-0.2, -0.15) is 0 Å². The molecule has 39 heavy (non-hydrogen) atoms. The highest BCUT2D eigenvalue weighted by atomic mass is 16.6. The molecule has 0 bridgehead atoms. The summed E-state index contributed by atoms with van der Waals surface area (Å²) in [6, 6.07) is 21.1. The molecule has 1 aliphatic heterocycles. The summed E-state index contributed by atoms with van der Waals surface area (Å²) in [5, 5.41) is 15.2. The molecular formula is C31H37N3O5. The summed E-state index contributed by atoms with van der Waals surface area (Å²) < 4.78 is 11.0. The maximum atomic E-state index is 12.8. The van der Waals surface area contributed by atoms with E-state index in [1.54, 1.807) is 18.2 Å². The SMILES string of the molecule is COc1cc(NC(=O)CCCc2ccc(-c3ccccc3)c(NC(=O)OC3CCN(C)CC3)c2)ccc1CO. The minimum Gasteiger partial charge on any atom is -0.496 e. The summed E-state index contributed by atoms with van der Waals surface area (Å²) in [5.41, 5.74) is 4.91. The van der Waals surface area contributed by atoms with Gasteiger partial charge in [0.15, 0.2) is 0 Å². The number of hydrogen-bond donors (Lipinski definition) is 3. The first kappa shape index (κ1) is 28.1. The van der Waals surface area contributed by atoms with E-state index in [2.05, 4.69) is 22.6 Å². The standard InChI is InChI=1S/C31H37N3O5/c1-34-17-15-26(16-18-34)39-31(37)33-28-19-22(11-14-27(28)23-8-4-3-5-9-23)7-6-10-30(36)32-25-13-12-24(21-35)29(20-25)38-2/h3-5,8-9,11-14,19-20,26,35H,6-7,10,15-18,21H2,1-2H3,(H,32,36)(H,33,37). The normalized spacial score (nSPS) is 14.0. The molecule has 0 unspecified atom stereocenters. The van der Waals surface area contributed by atoms with Gasteiger partial charge in [-0.1, -0.05) is 48.5 Å². The van der Waals surface area contributed by atoms with E-state index < -0.39 is 6.09 Å². The number of hydrogen-bond acceptors (Lipinski definition) is 6. The van der Waals surface area contributed by atoms with Gasteiger partial charge in [-0.05, 0) is 56.0 Å². The zero-order valence-electron chi connectivity index (χ0n) is 22.6. The van der Waals surface area contributed by atoms with E-state index >= 15 is 0 Å². The molecule has 8 heteroatoms. The van der Waals surface area contributed by atoms with Gasteiger partial charge in [0, 0.05) is 42.4 Å². The number of carbonyl (C=O) groups is 2. The summed E-state index contributed by atoms with van der Waals surface area (Å²) >= 11 is 0. The molecule has 0 aromatic heterocycles. The predicted octanol–water partition coefficient (Wildman–Crippen LogP) is 5.46. The van der Waals surface area contributed by atoms with Crippen molar-refractivity contribution in [1.29, 1.82) is 0 Å². The molecule has 3 aromatic carbocycles. The number of aliphatic hydroxyl groups excluding tert-OH is 1. The lowest BCUT2D eigenvalue weighted by Crippen LogP contribution is -2.36. The van der Waals surface area contributed by atoms with Crippen molar-refractivity contribution < 1.29 is 24.2 Å². The quantitative estimate of drug-likeness (QED) is 0.321. The fraction of sp³-hybridized carbons (Fsp3) is 0.355. The average molecular weight is 532 g/mol. The van der Waals surface area contributed by atoms with Crippen molar-refractivity contribution >= 4 is 23.4 Å². The smallest absolute Gasteiger partial charge is 0.411 e. The molecule has 1 saturated heterocycles. The highest BCUT2D eigenvalue weighted by molar-refractivity contribution is 5.92. The van der Waals surface area contributed by atoms with E-state index in [1.165, 1.54) is 7.11 Å². The number of rotatable bonds is 10. The highest BCUT2D eigenvalue weighted by Gasteiger charge is 2.21. The fourth-order valence-electron chi connectivity index (χ4n) is 4.74. The molecule has 1 fully saturated rings. The number of benzene rings is 3. The van der Waals surface area contributed by atoms with Crippen molar-refractivity contribution in [3.05, 3.63) is 77.9 Å². The van der Waals surface area contributed by atoms with Crippen molar-refractivity contribution in [3.8, 4) is 16.9 Å². The molecule has 0 atom stereocenters. The molecule has 2 amide bonds. The van der Waals surface area contributed by atoms with Crippen molar-refractivity contribution in [3.63, 3.8) is 0 Å². The van der Waals surface area contributed by atoms with E-state index in [9.17, 15) is 14.7 Å². The predicted molar refractivity (Wildman–Crippen MR) is 153 cm³/mol. The maximum absolute atomic E-state index is 12.8. The Morgan fingerprint density at radius 2 is 1.77 bits per heavy atom. The third-order valence-electron chi connectivity index (χ3n) is 6.96. The third kappa shape index (κ3) is 8.05. The number of likely N-dealkylation sites (tertiary alicyclic amines) is 1. The van der Waals surface area contributed by atoms with Crippen molar-refractivity contribution in [1.82, 2.24) is 4.90 Å². The molecule has 3 aromatic rings. The Morgan fingerprint density at radius 1 is 1.00 bits per heavy atom. The van der Waals surface area contributed by atoms with Crippen LogP contribution in [0.5, 0.6) is 5.75 Å². The van der Waals surface area contributed by atoms with E-state index in [1.807, 2.05) is 48.5 Å². The molecule has 3 N–H and O–H groups in total. The number of ether oxygens (including phenoxy) is 2. The Hall–Kier alpha value is -3.88. The summed E-state index contributed by atoms with van der Waals surface area (Å²) in [7, 11) is 3.60. The van der Waals surface area contributed by atoms with Crippen LogP contribution in [0, 0.1) is 0 Å². The minimum absolute atomic E-state index is 0.0807. The van der Waals surface area contributed by atoms with E-state index in [-0.39, 0.29) is 18.6 Å². The number of anilines is 2. The van der Waals surface area contributed by atoms with Crippen LogP contribution < -0.4 is 15.4 Å². The number of aryl methyl sites for hydroxylation is 1. The van der Waals surface area contributed by atoms with Crippen LogP contribution in [0.1, 0.15) is 36.8 Å². The van der Waals surface area contributed by atoms with Gasteiger partial charge in [0.2, 0.25) is 5.91 Å². The summed E-state index contributed by atoms with van der Waals surface area (Å²) in [6.07, 6.45) is 2.79. The van der Waals surface area contributed by atoms with E-state index in [4.69, 9.17) is 9.47 Å². The second-order valence-electron chi connectivity index (χ2n) is 9.87. The van der Waals surface area contributed by atoms with Gasteiger partial charge in [-0.25, -0.2) is 4.79 Å². The highest BCUT2D eigenvalue weighted by Crippen LogP contribution is 2.30. The second kappa shape index (κ2) is 13.8. The zero-order valence-corrected chi connectivity index (χ0v) is 22.6. The summed E-state index contributed by atoms with van der Waals surface area (Å²) in [6.45, 7) is 1.70. The van der Waals surface area contributed by atoms with Gasteiger partial charge in [-0.15, -0.1) is 0 Å². The Labute approximate surface area is 229 Å². The Kier molecular flexibility index (Phi) is 9.94. The van der Waals surface area contributed by atoms with Crippen LogP contribution in [0.15, 0.2) is 66.7 Å². The number of nitrogens with zero attached hydrogens (tertiary/aromatic N) is 1. The van der Waals surface area contributed by atoms with Crippen LogP contribution in [0.4, 0.5) is 16.2 Å². The van der Waals surface area contributed by atoms with E-state index in [0.29, 0.717) is 42.0 Å². The molecule has 0 radical (unpaired) electrons. The van der Waals surface area contributed by atoms with Gasteiger partial charge in [0.05, 0.1) is 19.4 Å². The Bertz CT molecular complexity index is 1260. The van der Waals surface area contributed by atoms with Crippen LogP contribution in [0.2, 0.25) is 0 Å². The lowest BCUT2D eigenvalue weighted by molar-refractivity contribution is -0.116. The molecular weight excluding hydrogens is 494 g/mol. The number of methoxy groups -OCH3 is 1. The molecule has 1 aliphatic rings. The summed E-state index contributed by atoms with van der Waals surface area (Å²) in [5.74, 6) is 0.429. The zero-order chi connectivity index (χ0) is 27.6. The van der Waals surface area contributed by atoms with Gasteiger partial charge in [-0.3, -0.25) is 10.1 Å². The molecule has 206 valence electrons.